The van der Waals surface area contributed by atoms with Gasteiger partial charge in [-0.05, 0) is 36.1 Å². The van der Waals surface area contributed by atoms with Gasteiger partial charge in [-0.3, -0.25) is 5.41 Å². The number of amidine groups is 1. The van der Waals surface area contributed by atoms with Crippen LogP contribution in [0.15, 0.2) is 18.2 Å². The smallest absolute Gasteiger partial charge is 0.124 e. The Morgan fingerprint density at radius 1 is 1.44 bits per heavy atom. The molecule has 0 heterocycles. The van der Waals surface area contributed by atoms with Gasteiger partial charge >= 0.3 is 0 Å². The second kappa shape index (κ2) is 7.11. The molecule has 0 aliphatic carbocycles. The standard InChI is InChI=1S/C14H21FN2O/c1-3-4-10(2)8-18-9-11-5-12(14(16)17)7-13(15)6-11/h5-7,10H,3-4,8-9H2,1-2H3,(H3,16,17). The molecule has 0 fully saturated rings. The largest absolute Gasteiger partial charge is 0.384 e. The van der Waals surface area contributed by atoms with Crippen LogP contribution in [0.25, 0.3) is 0 Å². The summed E-state index contributed by atoms with van der Waals surface area (Å²) >= 11 is 0. The average molecular weight is 252 g/mol. The van der Waals surface area contributed by atoms with Crippen LogP contribution in [0.1, 0.15) is 37.8 Å². The summed E-state index contributed by atoms with van der Waals surface area (Å²) in [4.78, 5) is 0. The minimum absolute atomic E-state index is 0.130. The number of hydrogen-bond donors (Lipinski definition) is 2. The fraction of sp³-hybridized carbons (Fsp3) is 0.500. The van der Waals surface area contributed by atoms with Crippen molar-refractivity contribution in [3.63, 3.8) is 0 Å². The molecule has 0 radical (unpaired) electrons. The molecule has 0 saturated heterocycles. The Kier molecular flexibility index (Phi) is 5.78. The molecule has 3 N–H and O–H groups in total. The molecule has 18 heavy (non-hydrogen) atoms. The molecule has 100 valence electrons. The molecule has 1 unspecified atom stereocenters. The van der Waals surface area contributed by atoms with E-state index in [1.54, 1.807) is 6.07 Å². The summed E-state index contributed by atoms with van der Waals surface area (Å²) in [6.07, 6.45) is 2.26. The summed E-state index contributed by atoms with van der Waals surface area (Å²) in [6.45, 7) is 5.30. The first kappa shape index (κ1) is 14.6. The number of rotatable bonds is 7. The minimum atomic E-state index is -0.386. The van der Waals surface area contributed by atoms with Crippen molar-refractivity contribution in [1.29, 1.82) is 5.41 Å². The third-order valence-electron chi connectivity index (χ3n) is 2.72. The second-order valence-corrected chi connectivity index (χ2v) is 4.67. The lowest BCUT2D eigenvalue weighted by Gasteiger charge is -2.11. The summed E-state index contributed by atoms with van der Waals surface area (Å²) in [6, 6.07) is 4.36. The first-order valence-electron chi connectivity index (χ1n) is 6.24. The highest BCUT2D eigenvalue weighted by atomic mass is 19.1. The Bertz CT molecular complexity index is 407. The van der Waals surface area contributed by atoms with Gasteiger partial charge < -0.3 is 10.5 Å². The molecule has 0 amide bonds. The van der Waals surface area contributed by atoms with Gasteiger partial charge in [0.25, 0.3) is 0 Å². The Morgan fingerprint density at radius 3 is 2.78 bits per heavy atom. The van der Waals surface area contributed by atoms with E-state index in [1.165, 1.54) is 12.1 Å². The van der Waals surface area contributed by atoms with Gasteiger partial charge in [-0.15, -0.1) is 0 Å². The van der Waals surface area contributed by atoms with Gasteiger partial charge in [0, 0.05) is 12.2 Å². The van der Waals surface area contributed by atoms with E-state index in [1.807, 2.05) is 0 Å². The lowest BCUT2D eigenvalue weighted by atomic mass is 10.1. The van der Waals surface area contributed by atoms with Gasteiger partial charge in [-0.25, -0.2) is 4.39 Å². The lowest BCUT2D eigenvalue weighted by Crippen LogP contribution is -2.12. The topological polar surface area (TPSA) is 59.1 Å². The third kappa shape index (κ3) is 4.84. The van der Waals surface area contributed by atoms with Crippen LogP contribution in [0.2, 0.25) is 0 Å². The van der Waals surface area contributed by atoms with Crippen LogP contribution in [0, 0.1) is 17.1 Å². The van der Waals surface area contributed by atoms with Crippen molar-refractivity contribution >= 4 is 5.84 Å². The van der Waals surface area contributed by atoms with Crippen LogP contribution in [-0.4, -0.2) is 12.4 Å². The van der Waals surface area contributed by atoms with E-state index in [9.17, 15) is 4.39 Å². The molecule has 1 aromatic carbocycles. The highest BCUT2D eigenvalue weighted by Crippen LogP contribution is 2.12. The molecule has 0 aliphatic rings. The van der Waals surface area contributed by atoms with E-state index < -0.39 is 0 Å². The molecule has 0 bridgehead atoms. The summed E-state index contributed by atoms with van der Waals surface area (Å²) in [5.41, 5.74) is 6.45. The molecule has 0 aliphatic heterocycles. The van der Waals surface area contributed by atoms with Gasteiger partial charge in [0.05, 0.1) is 6.61 Å². The van der Waals surface area contributed by atoms with Crippen molar-refractivity contribution in [3.8, 4) is 0 Å². The minimum Gasteiger partial charge on any atom is -0.384 e. The van der Waals surface area contributed by atoms with Crippen molar-refractivity contribution in [2.75, 3.05) is 6.61 Å². The molecule has 0 aromatic heterocycles. The molecule has 1 atom stereocenters. The fourth-order valence-electron chi connectivity index (χ4n) is 1.84. The lowest BCUT2D eigenvalue weighted by molar-refractivity contribution is 0.0892. The molecule has 1 rings (SSSR count). The van der Waals surface area contributed by atoms with E-state index in [0.717, 1.165) is 12.8 Å². The van der Waals surface area contributed by atoms with Crippen molar-refractivity contribution in [1.82, 2.24) is 0 Å². The van der Waals surface area contributed by atoms with Gasteiger partial charge in [-0.1, -0.05) is 20.3 Å². The number of nitrogen functional groups attached to an aromatic ring is 1. The molecule has 0 spiro atoms. The van der Waals surface area contributed by atoms with Gasteiger partial charge in [0.1, 0.15) is 11.7 Å². The number of ether oxygens (including phenoxy) is 1. The van der Waals surface area contributed by atoms with Crippen molar-refractivity contribution in [2.24, 2.45) is 11.7 Å². The van der Waals surface area contributed by atoms with Crippen LogP contribution >= 0.6 is 0 Å². The Balaban J connectivity index is 2.54. The average Bonchev–Trinajstić information content (AvgIpc) is 2.28. The predicted octanol–water partition coefficient (Wildman–Crippen LogP) is 3.06. The quantitative estimate of drug-likeness (QED) is 0.578. The maximum absolute atomic E-state index is 13.3. The Hall–Kier alpha value is -1.42. The van der Waals surface area contributed by atoms with Crippen LogP contribution in [0.4, 0.5) is 4.39 Å². The van der Waals surface area contributed by atoms with E-state index in [0.29, 0.717) is 30.3 Å². The molecule has 0 saturated carbocycles. The number of nitrogens with one attached hydrogen (secondary N) is 1. The second-order valence-electron chi connectivity index (χ2n) is 4.67. The number of hydrogen-bond acceptors (Lipinski definition) is 2. The zero-order valence-electron chi connectivity index (χ0n) is 11.0. The molecular weight excluding hydrogens is 231 g/mol. The summed E-state index contributed by atoms with van der Waals surface area (Å²) < 4.78 is 18.8. The van der Waals surface area contributed by atoms with E-state index in [4.69, 9.17) is 15.9 Å². The van der Waals surface area contributed by atoms with Gasteiger partial charge in [-0.2, -0.15) is 0 Å². The van der Waals surface area contributed by atoms with Crippen LogP contribution < -0.4 is 5.73 Å². The van der Waals surface area contributed by atoms with E-state index in [2.05, 4.69) is 13.8 Å². The van der Waals surface area contributed by atoms with E-state index >= 15 is 0 Å². The SMILES string of the molecule is CCCC(C)COCc1cc(F)cc(C(=N)N)c1. The first-order valence-corrected chi connectivity index (χ1v) is 6.24. The number of benzene rings is 1. The zero-order valence-corrected chi connectivity index (χ0v) is 11.0. The van der Waals surface area contributed by atoms with Crippen LogP contribution in [0.3, 0.4) is 0 Å². The highest BCUT2D eigenvalue weighted by Gasteiger charge is 2.05. The normalized spacial score (nSPS) is 12.4. The highest BCUT2D eigenvalue weighted by molar-refractivity contribution is 5.95. The Morgan fingerprint density at radius 2 is 2.17 bits per heavy atom. The first-order chi connectivity index (χ1) is 8.52. The molecule has 1 aromatic rings. The number of halogens is 1. The maximum Gasteiger partial charge on any atom is 0.124 e. The van der Waals surface area contributed by atoms with Crippen molar-refractivity contribution < 1.29 is 9.13 Å². The Labute approximate surface area is 108 Å². The third-order valence-corrected chi connectivity index (χ3v) is 2.72. The van der Waals surface area contributed by atoms with Crippen LogP contribution in [0.5, 0.6) is 0 Å². The molecular formula is C14H21FN2O. The summed E-state index contributed by atoms with van der Waals surface area (Å²) in [5, 5.41) is 7.30. The van der Waals surface area contributed by atoms with Gasteiger partial charge in [0.2, 0.25) is 0 Å². The monoisotopic (exact) mass is 252 g/mol. The predicted molar refractivity (Wildman–Crippen MR) is 71.1 cm³/mol. The van der Waals surface area contributed by atoms with Gasteiger partial charge in [0.15, 0.2) is 0 Å². The summed E-state index contributed by atoms with van der Waals surface area (Å²) in [5.74, 6) is -0.00570. The molecule has 3 nitrogen and oxygen atoms in total. The van der Waals surface area contributed by atoms with Crippen molar-refractivity contribution in [2.45, 2.75) is 33.3 Å². The van der Waals surface area contributed by atoms with Crippen LogP contribution in [-0.2, 0) is 11.3 Å². The number of nitrogens with two attached hydrogens (primary N) is 1. The maximum atomic E-state index is 13.3. The molecule has 4 heteroatoms. The zero-order chi connectivity index (χ0) is 13.5. The fourth-order valence-corrected chi connectivity index (χ4v) is 1.84. The summed E-state index contributed by atoms with van der Waals surface area (Å²) in [7, 11) is 0. The van der Waals surface area contributed by atoms with Crippen molar-refractivity contribution in [3.05, 3.63) is 35.1 Å². The van der Waals surface area contributed by atoms with E-state index in [-0.39, 0.29) is 11.7 Å².